The molecule has 2 N–H and O–H groups in total. The lowest BCUT2D eigenvalue weighted by atomic mass is 10.3. The molecule has 1 aromatic carbocycles. The maximum Gasteiger partial charge on any atom is 0.313 e. The number of hydrogen-bond donors (Lipinski definition) is 2. The van der Waals surface area contributed by atoms with Crippen LogP contribution in [0.15, 0.2) is 22.7 Å². The third kappa shape index (κ3) is 3.49. The monoisotopic (exact) mass is 341 g/mol. The molecule has 0 atom stereocenters. The molecule has 0 aromatic heterocycles. The first kappa shape index (κ1) is 14.8. The molecule has 1 aromatic rings. The van der Waals surface area contributed by atoms with Crippen LogP contribution in [0.2, 0.25) is 0 Å². The van der Waals surface area contributed by atoms with Crippen LogP contribution in [0.1, 0.15) is 0 Å². The molecule has 1 saturated heterocycles. The summed E-state index contributed by atoms with van der Waals surface area (Å²) in [6.07, 6.45) is 0. The molecule has 2 rings (SSSR count). The summed E-state index contributed by atoms with van der Waals surface area (Å²) in [5.41, 5.74) is 0.547. The van der Waals surface area contributed by atoms with E-state index in [1.165, 1.54) is 0 Å². The molecule has 6 nitrogen and oxygen atoms in total. The molecule has 0 unspecified atom stereocenters. The van der Waals surface area contributed by atoms with E-state index in [1.807, 2.05) is 0 Å². The van der Waals surface area contributed by atoms with E-state index in [0.29, 0.717) is 42.1 Å². The molecule has 7 heteroatoms. The third-order valence-corrected chi connectivity index (χ3v) is 3.63. The Kier molecular flexibility index (Phi) is 4.97. The Balaban J connectivity index is 2.00. The van der Waals surface area contributed by atoms with Crippen LogP contribution in [0, 0.1) is 0 Å². The highest BCUT2D eigenvalue weighted by atomic mass is 79.9. The number of carbonyl (C=O) groups is 2. The van der Waals surface area contributed by atoms with Gasteiger partial charge in [0.2, 0.25) is 0 Å². The van der Waals surface area contributed by atoms with E-state index in [-0.39, 0.29) is 0 Å². The van der Waals surface area contributed by atoms with E-state index >= 15 is 0 Å². The van der Waals surface area contributed by atoms with Gasteiger partial charge in [0.1, 0.15) is 5.75 Å². The Morgan fingerprint density at radius 3 is 2.65 bits per heavy atom. The van der Waals surface area contributed by atoms with Crippen molar-refractivity contribution in [1.82, 2.24) is 10.2 Å². The second kappa shape index (κ2) is 6.71. The number of benzene rings is 1. The number of anilines is 1. The molecule has 108 valence electrons. The molecular formula is C13H16BrN3O3. The van der Waals surface area contributed by atoms with Crippen molar-refractivity contribution in [2.24, 2.45) is 0 Å². The molecule has 2 amide bonds. The van der Waals surface area contributed by atoms with E-state index in [1.54, 1.807) is 30.2 Å². The van der Waals surface area contributed by atoms with Gasteiger partial charge in [-0.15, -0.1) is 0 Å². The van der Waals surface area contributed by atoms with Gasteiger partial charge in [-0.25, -0.2) is 0 Å². The molecular weight excluding hydrogens is 326 g/mol. The number of halogens is 1. The first-order valence-electron chi connectivity index (χ1n) is 6.26. The zero-order valence-electron chi connectivity index (χ0n) is 11.1. The first-order chi connectivity index (χ1) is 9.61. The highest BCUT2D eigenvalue weighted by Crippen LogP contribution is 2.27. The van der Waals surface area contributed by atoms with Crippen molar-refractivity contribution in [2.75, 3.05) is 38.6 Å². The molecule has 0 bridgehead atoms. The quantitative estimate of drug-likeness (QED) is 0.781. The summed E-state index contributed by atoms with van der Waals surface area (Å²) < 4.78 is 5.82. The smallest absolute Gasteiger partial charge is 0.313 e. The van der Waals surface area contributed by atoms with Gasteiger partial charge >= 0.3 is 11.8 Å². The fourth-order valence-corrected chi connectivity index (χ4v) is 2.48. The number of piperazine rings is 1. The van der Waals surface area contributed by atoms with Crippen LogP contribution in [-0.2, 0) is 9.59 Å². The van der Waals surface area contributed by atoms with Gasteiger partial charge in [-0.3, -0.25) is 9.59 Å². The normalized spacial score (nSPS) is 14.8. The molecule has 0 spiro atoms. The fraction of sp³-hybridized carbons (Fsp3) is 0.385. The summed E-state index contributed by atoms with van der Waals surface area (Å²) >= 11 is 3.33. The van der Waals surface area contributed by atoms with Crippen molar-refractivity contribution in [3.8, 4) is 5.75 Å². The Bertz CT molecular complexity index is 516. The predicted molar refractivity (Wildman–Crippen MR) is 78.8 cm³/mol. The Morgan fingerprint density at radius 2 is 2.05 bits per heavy atom. The van der Waals surface area contributed by atoms with Crippen LogP contribution >= 0.6 is 15.9 Å². The fourth-order valence-electron chi connectivity index (χ4n) is 1.94. The van der Waals surface area contributed by atoms with Crippen molar-refractivity contribution >= 4 is 33.4 Å². The van der Waals surface area contributed by atoms with Crippen LogP contribution in [0.4, 0.5) is 5.69 Å². The summed E-state index contributed by atoms with van der Waals surface area (Å²) in [4.78, 5) is 25.4. The van der Waals surface area contributed by atoms with Crippen molar-refractivity contribution in [3.63, 3.8) is 0 Å². The second-order valence-corrected chi connectivity index (χ2v) is 5.20. The highest BCUT2D eigenvalue weighted by Gasteiger charge is 2.23. The number of amides is 2. The molecule has 1 heterocycles. The van der Waals surface area contributed by atoms with Gasteiger partial charge in [0, 0.05) is 31.9 Å². The van der Waals surface area contributed by atoms with Crippen LogP contribution in [0.5, 0.6) is 5.75 Å². The minimum atomic E-state index is -0.621. The second-order valence-electron chi connectivity index (χ2n) is 4.35. The van der Waals surface area contributed by atoms with Crippen LogP contribution in [-0.4, -0.2) is 50.0 Å². The molecule has 0 radical (unpaired) electrons. The number of hydrogen-bond acceptors (Lipinski definition) is 4. The largest absolute Gasteiger partial charge is 0.496 e. The molecule has 20 heavy (non-hydrogen) atoms. The Hall–Kier alpha value is -1.60. The number of nitrogens with zero attached hydrogens (tertiary/aromatic N) is 1. The van der Waals surface area contributed by atoms with Crippen LogP contribution in [0.25, 0.3) is 0 Å². The number of rotatable bonds is 2. The lowest BCUT2D eigenvalue weighted by Gasteiger charge is -2.26. The number of nitrogens with one attached hydrogen (secondary N) is 2. The minimum absolute atomic E-state index is 0.501. The van der Waals surface area contributed by atoms with Crippen molar-refractivity contribution in [1.29, 1.82) is 0 Å². The molecule has 1 aliphatic rings. The van der Waals surface area contributed by atoms with Crippen molar-refractivity contribution in [3.05, 3.63) is 22.7 Å². The predicted octanol–water partition coefficient (Wildman–Crippen LogP) is 0.828. The van der Waals surface area contributed by atoms with Crippen LogP contribution < -0.4 is 15.4 Å². The zero-order chi connectivity index (χ0) is 14.5. The molecule has 0 aliphatic carbocycles. The van der Waals surface area contributed by atoms with Crippen LogP contribution in [0.3, 0.4) is 0 Å². The topological polar surface area (TPSA) is 70.7 Å². The zero-order valence-corrected chi connectivity index (χ0v) is 12.7. The van der Waals surface area contributed by atoms with Crippen molar-refractivity contribution < 1.29 is 14.3 Å². The highest BCUT2D eigenvalue weighted by molar-refractivity contribution is 9.10. The SMILES string of the molecule is COc1ccc(NC(=O)C(=O)N2CCNCC2)cc1Br. The number of carbonyl (C=O) groups excluding carboxylic acids is 2. The third-order valence-electron chi connectivity index (χ3n) is 3.01. The Labute approximate surface area is 125 Å². The first-order valence-corrected chi connectivity index (χ1v) is 7.05. The summed E-state index contributed by atoms with van der Waals surface area (Å²) in [5.74, 6) is -0.459. The average Bonchev–Trinajstić information content (AvgIpc) is 2.47. The molecule has 0 saturated carbocycles. The summed E-state index contributed by atoms with van der Waals surface area (Å²) in [6, 6.07) is 5.10. The van der Waals surface area contributed by atoms with Gasteiger partial charge in [-0.05, 0) is 34.1 Å². The van der Waals surface area contributed by atoms with Gasteiger partial charge in [0.05, 0.1) is 11.6 Å². The van der Waals surface area contributed by atoms with E-state index in [0.717, 1.165) is 0 Å². The summed E-state index contributed by atoms with van der Waals surface area (Å²) in [6.45, 7) is 2.54. The van der Waals surface area contributed by atoms with Gasteiger partial charge in [0.25, 0.3) is 0 Å². The van der Waals surface area contributed by atoms with Gasteiger partial charge in [-0.2, -0.15) is 0 Å². The van der Waals surface area contributed by atoms with Gasteiger partial charge in [0.15, 0.2) is 0 Å². The summed E-state index contributed by atoms with van der Waals surface area (Å²) in [5, 5.41) is 5.73. The maximum absolute atomic E-state index is 12.0. The number of ether oxygens (including phenoxy) is 1. The molecule has 1 aliphatic heterocycles. The van der Waals surface area contributed by atoms with Gasteiger partial charge < -0.3 is 20.3 Å². The lowest BCUT2D eigenvalue weighted by Crippen LogP contribution is -2.49. The van der Waals surface area contributed by atoms with E-state index in [9.17, 15) is 9.59 Å². The van der Waals surface area contributed by atoms with Gasteiger partial charge in [-0.1, -0.05) is 0 Å². The lowest BCUT2D eigenvalue weighted by molar-refractivity contribution is -0.143. The van der Waals surface area contributed by atoms with Crippen molar-refractivity contribution in [2.45, 2.75) is 0 Å². The van der Waals surface area contributed by atoms with E-state index in [2.05, 4.69) is 26.6 Å². The Morgan fingerprint density at radius 1 is 1.35 bits per heavy atom. The summed E-state index contributed by atoms with van der Waals surface area (Å²) in [7, 11) is 1.56. The molecule has 1 fully saturated rings. The van der Waals surface area contributed by atoms with E-state index < -0.39 is 11.8 Å². The standard InChI is InChI=1S/C13H16BrN3O3/c1-20-11-3-2-9(8-10(11)14)16-12(18)13(19)17-6-4-15-5-7-17/h2-3,8,15H,4-7H2,1H3,(H,16,18). The maximum atomic E-state index is 12.0. The average molecular weight is 342 g/mol. The van der Waals surface area contributed by atoms with E-state index in [4.69, 9.17) is 4.74 Å². The minimum Gasteiger partial charge on any atom is -0.496 e. The number of methoxy groups -OCH3 is 1.